The molecule has 0 amide bonds. The van der Waals surface area contributed by atoms with Crippen molar-refractivity contribution in [2.45, 2.75) is 33.1 Å². The molecule has 1 aromatic carbocycles. The standard InChI is InChI=1S/C9H13.C7H8O.Ru/c1-2-3-6-9-7-4-5-8-9;1-6(8)7-4-2-3-5-7;/h4-5,7-8H,2-3,6H2,1H3;2-5,8H,1H3;/q-1;;+2/p-1. The summed E-state index contributed by atoms with van der Waals surface area (Å²) in [6, 6.07) is 8.58. The van der Waals surface area contributed by atoms with Crippen LogP contribution in [0.1, 0.15) is 32.3 Å². The number of rotatable bonds is 3. The Morgan fingerprint density at radius 3 is 2.33 bits per heavy atom. The van der Waals surface area contributed by atoms with Crippen LogP contribution >= 0.6 is 0 Å². The minimum Gasteiger partial charge on any atom is -0.875 e. The SMILES string of the molecule is CC([O-])=C1C=CC=C1.CCCCc1ccc[cH-]1.[Ru+2]. The van der Waals surface area contributed by atoms with E-state index < -0.39 is 0 Å². The molecule has 0 unspecified atom stereocenters. The van der Waals surface area contributed by atoms with Gasteiger partial charge in [-0.25, -0.2) is 12.1 Å². The molecule has 0 heterocycles. The smallest absolute Gasteiger partial charge is 0.875 e. The average Bonchev–Trinajstić information content (AvgIpc) is 3.00. The fraction of sp³-hybridized carbons (Fsp3) is 0.312. The summed E-state index contributed by atoms with van der Waals surface area (Å²) in [7, 11) is 0. The Morgan fingerprint density at radius 2 is 1.94 bits per heavy atom. The maximum absolute atomic E-state index is 10.5. The summed E-state index contributed by atoms with van der Waals surface area (Å²) in [5.74, 6) is 0.134. The van der Waals surface area contributed by atoms with E-state index in [9.17, 15) is 5.11 Å². The van der Waals surface area contributed by atoms with Crippen molar-refractivity contribution in [2.75, 3.05) is 0 Å². The van der Waals surface area contributed by atoms with Gasteiger partial charge in [-0.05, 0) is 5.57 Å². The van der Waals surface area contributed by atoms with Gasteiger partial charge in [0.05, 0.1) is 0 Å². The summed E-state index contributed by atoms with van der Waals surface area (Å²) in [6.07, 6.45) is 11.2. The van der Waals surface area contributed by atoms with Crippen LogP contribution < -0.4 is 5.11 Å². The zero-order chi connectivity index (χ0) is 12.5. The van der Waals surface area contributed by atoms with Gasteiger partial charge < -0.3 is 5.11 Å². The zero-order valence-electron chi connectivity index (χ0n) is 11.0. The van der Waals surface area contributed by atoms with Gasteiger partial charge in [0.1, 0.15) is 0 Å². The molecule has 0 fully saturated rings. The summed E-state index contributed by atoms with van der Waals surface area (Å²) >= 11 is 0. The summed E-state index contributed by atoms with van der Waals surface area (Å²) < 4.78 is 0. The maximum Gasteiger partial charge on any atom is 2.00 e. The van der Waals surface area contributed by atoms with Crippen molar-refractivity contribution in [3.63, 3.8) is 0 Å². The van der Waals surface area contributed by atoms with E-state index >= 15 is 0 Å². The van der Waals surface area contributed by atoms with Crippen LogP contribution in [0.15, 0.2) is 59.9 Å². The first-order chi connectivity index (χ1) is 8.24. The molecular formula is C16H20ORu. The third-order valence-corrected chi connectivity index (χ3v) is 2.62. The first-order valence-electron chi connectivity index (χ1n) is 6.17. The molecule has 0 radical (unpaired) electrons. The molecule has 1 aliphatic carbocycles. The largest absolute Gasteiger partial charge is 2.00 e. The molecule has 0 N–H and O–H groups in total. The van der Waals surface area contributed by atoms with E-state index in [0.29, 0.717) is 0 Å². The van der Waals surface area contributed by atoms with Crippen LogP contribution in [0.25, 0.3) is 0 Å². The number of unbranched alkanes of at least 4 members (excludes halogenated alkanes) is 1. The van der Waals surface area contributed by atoms with E-state index in [1.807, 2.05) is 24.3 Å². The Morgan fingerprint density at radius 1 is 1.28 bits per heavy atom. The van der Waals surface area contributed by atoms with Crippen molar-refractivity contribution in [1.82, 2.24) is 0 Å². The molecule has 1 aromatic rings. The monoisotopic (exact) mass is 330 g/mol. The summed E-state index contributed by atoms with van der Waals surface area (Å²) in [5, 5.41) is 10.5. The zero-order valence-corrected chi connectivity index (χ0v) is 12.7. The molecule has 0 saturated heterocycles. The Labute approximate surface area is 123 Å². The van der Waals surface area contributed by atoms with Gasteiger partial charge in [-0.3, -0.25) is 0 Å². The van der Waals surface area contributed by atoms with E-state index in [1.54, 1.807) is 6.92 Å². The third-order valence-electron chi connectivity index (χ3n) is 2.62. The fourth-order valence-electron chi connectivity index (χ4n) is 1.57. The maximum atomic E-state index is 10.5. The predicted octanol–water partition coefficient (Wildman–Crippen LogP) is 3.49. The van der Waals surface area contributed by atoms with E-state index in [1.165, 1.54) is 24.8 Å². The number of allylic oxidation sites excluding steroid dienone is 6. The van der Waals surface area contributed by atoms with Gasteiger partial charge in [-0.1, -0.05) is 57.4 Å². The van der Waals surface area contributed by atoms with E-state index in [0.717, 1.165) is 5.57 Å². The van der Waals surface area contributed by atoms with Gasteiger partial charge in [0, 0.05) is 0 Å². The first-order valence-corrected chi connectivity index (χ1v) is 6.17. The molecule has 0 spiro atoms. The second kappa shape index (κ2) is 9.97. The minimum atomic E-state index is 0. The van der Waals surface area contributed by atoms with Crippen molar-refractivity contribution >= 4 is 0 Å². The minimum absolute atomic E-state index is 0. The number of hydrogen-bond donors (Lipinski definition) is 0. The second-order valence-corrected chi connectivity index (χ2v) is 4.13. The van der Waals surface area contributed by atoms with Gasteiger partial charge in [-0.15, -0.1) is 5.76 Å². The molecule has 0 aromatic heterocycles. The Balaban J connectivity index is 0.000000306. The van der Waals surface area contributed by atoms with Crippen molar-refractivity contribution in [2.24, 2.45) is 0 Å². The average molecular weight is 329 g/mol. The Bertz CT molecular complexity index is 379. The van der Waals surface area contributed by atoms with E-state index in [4.69, 9.17) is 0 Å². The van der Waals surface area contributed by atoms with Crippen LogP contribution in [0, 0.1) is 0 Å². The van der Waals surface area contributed by atoms with E-state index in [-0.39, 0.29) is 25.2 Å². The molecule has 2 rings (SSSR count). The van der Waals surface area contributed by atoms with Crippen molar-refractivity contribution < 1.29 is 24.6 Å². The molecule has 1 nitrogen and oxygen atoms in total. The first kappa shape index (κ1) is 17.0. The predicted molar refractivity (Wildman–Crippen MR) is 71.6 cm³/mol. The van der Waals surface area contributed by atoms with Crippen LogP contribution in [0.5, 0.6) is 0 Å². The quantitative estimate of drug-likeness (QED) is 0.473. The molecule has 0 aliphatic heterocycles. The second-order valence-electron chi connectivity index (χ2n) is 4.13. The molecule has 0 saturated carbocycles. The molecule has 2 heteroatoms. The van der Waals surface area contributed by atoms with Gasteiger partial charge in [0.2, 0.25) is 0 Å². The molecular weight excluding hydrogens is 309 g/mol. The van der Waals surface area contributed by atoms with Crippen molar-refractivity contribution in [3.8, 4) is 0 Å². The van der Waals surface area contributed by atoms with Crippen molar-refractivity contribution in [3.05, 3.63) is 65.5 Å². The van der Waals surface area contributed by atoms with Gasteiger partial charge in [-0.2, -0.15) is 17.7 Å². The Hall–Kier alpha value is -1.01. The fourth-order valence-corrected chi connectivity index (χ4v) is 1.57. The summed E-state index contributed by atoms with van der Waals surface area (Å²) in [4.78, 5) is 0. The van der Waals surface area contributed by atoms with Gasteiger partial charge in [0.15, 0.2) is 0 Å². The molecule has 0 atom stereocenters. The molecule has 98 valence electrons. The number of hydrogen-bond acceptors (Lipinski definition) is 1. The third kappa shape index (κ3) is 6.66. The van der Waals surface area contributed by atoms with Gasteiger partial charge in [0.25, 0.3) is 0 Å². The van der Waals surface area contributed by atoms with Crippen LogP contribution in [0.3, 0.4) is 0 Å². The molecule has 0 bridgehead atoms. The van der Waals surface area contributed by atoms with Crippen LogP contribution in [-0.2, 0) is 25.9 Å². The van der Waals surface area contributed by atoms with Crippen LogP contribution in [0.2, 0.25) is 0 Å². The molecule has 18 heavy (non-hydrogen) atoms. The van der Waals surface area contributed by atoms with Crippen LogP contribution in [0.4, 0.5) is 0 Å². The van der Waals surface area contributed by atoms with Gasteiger partial charge >= 0.3 is 19.5 Å². The molecule has 1 aliphatic rings. The summed E-state index contributed by atoms with van der Waals surface area (Å²) in [5.41, 5.74) is 2.28. The van der Waals surface area contributed by atoms with Crippen molar-refractivity contribution in [1.29, 1.82) is 0 Å². The van der Waals surface area contributed by atoms with E-state index in [2.05, 4.69) is 31.2 Å². The Kier molecular flexibility index (Phi) is 9.41. The topological polar surface area (TPSA) is 23.1 Å². The van der Waals surface area contributed by atoms with Crippen LogP contribution in [-0.4, -0.2) is 0 Å². The summed E-state index contributed by atoms with van der Waals surface area (Å²) in [6.45, 7) is 3.79. The number of aryl methyl sites for hydroxylation is 1. The normalized spacial score (nSPS) is 11.8.